The Balaban J connectivity index is 1.66. The zero-order valence-corrected chi connectivity index (χ0v) is 16.9. The van der Waals surface area contributed by atoms with Crippen LogP contribution in [0.3, 0.4) is 0 Å². The summed E-state index contributed by atoms with van der Waals surface area (Å²) in [5, 5.41) is 2.77. The molecule has 2 fully saturated rings. The Labute approximate surface area is 166 Å². The van der Waals surface area contributed by atoms with Gasteiger partial charge in [-0.15, -0.1) is 0 Å². The molecule has 1 aromatic rings. The summed E-state index contributed by atoms with van der Waals surface area (Å²) >= 11 is 0. The lowest BCUT2D eigenvalue weighted by Gasteiger charge is -2.39. The molecule has 1 N–H and O–H groups in total. The molecule has 28 heavy (non-hydrogen) atoms. The van der Waals surface area contributed by atoms with E-state index in [1.54, 1.807) is 25.7 Å². The molecule has 1 unspecified atom stereocenters. The van der Waals surface area contributed by atoms with Crippen molar-refractivity contribution in [2.75, 3.05) is 26.3 Å². The van der Waals surface area contributed by atoms with Crippen LogP contribution in [0.5, 0.6) is 0 Å². The minimum atomic E-state index is -0.684. The van der Waals surface area contributed by atoms with Gasteiger partial charge in [-0.3, -0.25) is 4.79 Å². The largest absolute Gasteiger partial charge is 0.444 e. The fraction of sp³-hybridized carbons (Fsp3) is 0.619. The van der Waals surface area contributed by atoms with Crippen molar-refractivity contribution in [3.8, 4) is 0 Å². The average molecular weight is 390 g/mol. The number of hydrogen-bond donors (Lipinski definition) is 1. The number of carbonyl (C=O) groups is 2. The van der Waals surface area contributed by atoms with Crippen LogP contribution in [-0.2, 0) is 25.4 Å². The number of likely N-dealkylation sites (tertiary alicyclic amines) is 1. The van der Waals surface area contributed by atoms with Crippen LogP contribution >= 0.6 is 0 Å². The zero-order valence-electron chi connectivity index (χ0n) is 16.9. The fourth-order valence-electron chi connectivity index (χ4n) is 3.57. The first-order chi connectivity index (χ1) is 13.3. The quantitative estimate of drug-likeness (QED) is 0.855. The number of amides is 2. The van der Waals surface area contributed by atoms with E-state index in [9.17, 15) is 9.59 Å². The van der Waals surface area contributed by atoms with Gasteiger partial charge >= 0.3 is 6.09 Å². The molecule has 0 radical (unpaired) electrons. The molecule has 2 aliphatic heterocycles. The van der Waals surface area contributed by atoms with Crippen molar-refractivity contribution >= 4 is 12.0 Å². The van der Waals surface area contributed by atoms with E-state index in [-0.39, 0.29) is 5.91 Å². The van der Waals surface area contributed by atoms with Crippen LogP contribution in [0.15, 0.2) is 30.3 Å². The van der Waals surface area contributed by atoms with Crippen LogP contribution in [-0.4, -0.2) is 60.6 Å². The Hall–Kier alpha value is -2.12. The first kappa shape index (κ1) is 20.6. The van der Waals surface area contributed by atoms with Gasteiger partial charge in [0.25, 0.3) is 0 Å². The first-order valence-electron chi connectivity index (χ1n) is 9.87. The second-order valence-electron chi connectivity index (χ2n) is 8.32. The average Bonchev–Trinajstić information content (AvgIpc) is 3.08. The standard InChI is InChI=1S/C21H30N2O5/c1-20(2,3)28-19(25)22-17(15-16-7-5-4-6-8-16)18(24)23-11-9-21(10-12-23)26-13-14-27-21/h4-8,17H,9-15H2,1-3H3,(H,22,25). The van der Waals surface area contributed by atoms with Crippen molar-refractivity contribution in [2.45, 2.75) is 57.5 Å². The van der Waals surface area contributed by atoms with Crippen molar-refractivity contribution in [3.05, 3.63) is 35.9 Å². The normalized spacial score (nSPS) is 20.0. The van der Waals surface area contributed by atoms with Crippen LogP contribution in [0.1, 0.15) is 39.2 Å². The van der Waals surface area contributed by atoms with E-state index in [2.05, 4.69) is 5.32 Å². The minimum Gasteiger partial charge on any atom is -0.444 e. The van der Waals surface area contributed by atoms with Crippen molar-refractivity contribution in [3.63, 3.8) is 0 Å². The SMILES string of the molecule is CC(C)(C)OC(=O)NC(Cc1ccccc1)C(=O)N1CCC2(CC1)OCCO2. The first-order valence-corrected chi connectivity index (χ1v) is 9.87. The Morgan fingerprint density at radius 1 is 1.14 bits per heavy atom. The van der Waals surface area contributed by atoms with Crippen LogP contribution in [0.25, 0.3) is 0 Å². The maximum absolute atomic E-state index is 13.2. The number of benzene rings is 1. The molecule has 1 aromatic carbocycles. The second kappa shape index (κ2) is 8.49. The van der Waals surface area contributed by atoms with Crippen LogP contribution in [0, 0.1) is 0 Å². The van der Waals surface area contributed by atoms with Gasteiger partial charge in [0.05, 0.1) is 13.2 Å². The fourth-order valence-corrected chi connectivity index (χ4v) is 3.57. The molecular formula is C21H30N2O5. The molecule has 1 atom stereocenters. The molecule has 3 rings (SSSR count). The maximum Gasteiger partial charge on any atom is 0.408 e. The van der Waals surface area contributed by atoms with Crippen molar-refractivity contribution in [1.82, 2.24) is 10.2 Å². The number of piperidine rings is 1. The van der Waals surface area contributed by atoms with Gasteiger partial charge in [0.2, 0.25) is 5.91 Å². The van der Waals surface area contributed by atoms with Gasteiger partial charge in [-0.05, 0) is 26.3 Å². The molecule has 7 nitrogen and oxygen atoms in total. The molecule has 154 valence electrons. The van der Waals surface area contributed by atoms with Gasteiger partial charge in [0, 0.05) is 32.4 Å². The molecule has 1 spiro atoms. The van der Waals surface area contributed by atoms with Crippen molar-refractivity contribution in [1.29, 1.82) is 0 Å². The third-order valence-electron chi connectivity index (χ3n) is 4.92. The van der Waals surface area contributed by atoms with Gasteiger partial charge in [0.15, 0.2) is 5.79 Å². The highest BCUT2D eigenvalue weighted by Gasteiger charge is 2.42. The highest BCUT2D eigenvalue weighted by molar-refractivity contribution is 5.86. The highest BCUT2D eigenvalue weighted by Crippen LogP contribution is 2.31. The summed E-state index contributed by atoms with van der Waals surface area (Å²) in [6.45, 7) is 7.68. The van der Waals surface area contributed by atoms with Gasteiger partial charge in [0.1, 0.15) is 11.6 Å². The topological polar surface area (TPSA) is 77.1 Å². The summed E-state index contributed by atoms with van der Waals surface area (Å²) in [7, 11) is 0. The predicted molar refractivity (Wildman–Crippen MR) is 104 cm³/mol. The number of ether oxygens (including phenoxy) is 3. The summed E-state index contributed by atoms with van der Waals surface area (Å²) in [6, 6.07) is 8.97. The van der Waals surface area contributed by atoms with E-state index in [1.807, 2.05) is 30.3 Å². The van der Waals surface area contributed by atoms with Crippen molar-refractivity contribution in [2.24, 2.45) is 0 Å². The van der Waals surface area contributed by atoms with Gasteiger partial charge in [-0.2, -0.15) is 0 Å². The maximum atomic E-state index is 13.2. The van der Waals surface area contributed by atoms with Crippen LogP contribution < -0.4 is 5.32 Å². The molecule has 7 heteroatoms. The summed E-state index contributed by atoms with van der Waals surface area (Å²) in [5.74, 6) is -0.646. The van der Waals surface area contributed by atoms with E-state index in [0.29, 0.717) is 45.6 Å². The molecule has 0 saturated carbocycles. The van der Waals surface area contributed by atoms with E-state index < -0.39 is 23.5 Å². The third-order valence-corrected chi connectivity index (χ3v) is 4.92. The van der Waals surface area contributed by atoms with E-state index >= 15 is 0 Å². The van der Waals surface area contributed by atoms with Gasteiger partial charge < -0.3 is 24.4 Å². The van der Waals surface area contributed by atoms with Crippen molar-refractivity contribution < 1.29 is 23.8 Å². The smallest absolute Gasteiger partial charge is 0.408 e. The Bertz CT molecular complexity index is 670. The molecule has 0 aromatic heterocycles. The lowest BCUT2D eigenvalue weighted by molar-refractivity contribution is -0.187. The molecule has 2 heterocycles. The van der Waals surface area contributed by atoms with E-state index in [4.69, 9.17) is 14.2 Å². The Morgan fingerprint density at radius 2 is 1.75 bits per heavy atom. The molecule has 0 bridgehead atoms. The van der Waals surface area contributed by atoms with Gasteiger partial charge in [-0.25, -0.2) is 4.79 Å². The lowest BCUT2D eigenvalue weighted by atomic mass is 10.0. The summed E-state index contributed by atoms with van der Waals surface area (Å²) in [5.41, 5.74) is 0.354. The van der Waals surface area contributed by atoms with Gasteiger partial charge in [-0.1, -0.05) is 30.3 Å². The summed E-state index contributed by atoms with van der Waals surface area (Å²) in [4.78, 5) is 27.3. The number of alkyl carbamates (subject to hydrolysis) is 1. The Morgan fingerprint density at radius 3 is 2.32 bits per heavy atom. The Kier molecular flexibility index (Phi) is 6.25. The summed E-state index contributed by atoms with van der Waals surface area (Å²) < 4.78 is 16.8. The molecule has 0 aliphatic carbocycles. The lowest BCUT2D eigenvalue weighted by Crippen LogP contribution is -2.55. The minimum absolute atomic E-state index is 0.109. The van der Waals surface area contributed by atoms with E-state index in [0.717, 1.165) is 5.56 Å². The highest BCUT2D eigenvalue weighted by atomic mass is 16.7. The number of rotatable bonds is 4. The number of nitrogens with one attached hydrogen (secondary N) is 1. The summed E-state index contributed by atoms with van der Waals surface area (Å²) in [6.07, 6.45) is 1.11. The monoisotopic (exact) mass is 390 g/mol. The predicted octanol–water partition coefficient (Wildman–Crippen LogP) is 2.49. The van der Waals surface area contributed by atoms with Crippen LogP contribution in [0.4, 0.5) is 4.79 Å². The van der Waals surface area contributed by atoms with E-state index in [1.165, 1.54) is 0 Å². The zero-order chi connectivity index (χ0) is 20.2. The number of carbonyl (C=O) groups excluding carboxylic acids is 2. The molecule has 2 aliphatic rings. The van der Waals surface area contributed by atoms with Crippen LogP contribution in [0.2, 0.25) is 0 Å². The second-order valence-corrected chi connectivity index (χ2v) is 8.32. The molecule has 2 amide bonds. The number of hydrogen-bond acceptors (Lipinski definition) is 5. The number of nitrogens with zero attached hydrogens (tertiary/aromatic N) is 1. The third kappa shape index (κ3) is 5.45. The molecule has 2 saturated heterocycles. The molecular weight excluding hydrogens is 360 g/mol.